The first-order chi connectivity index (χ1) is 10.0. The standard InChI is InChI=1S/C19H32N2/c1-15-11-16(2)13-18(12-15)19(20)9-10-21(3)14-17-7-5-4-6-8-17/h11-13,17,19H,4-10,14,20H2,1-3H3. The summed E-state index contributed by atoms with van der Waals surface area (Å²) in [4.78, 5) is 2.48. The third-order valence-corrected chi connectivity index (χ3v) is 4.79. The van der Waals surface area contributed by atoms with Crippen molar-refractivity contribution in [1.29, 1.82) is 0 Å². The first-order valence-electron chi connectivity index (χ1n) is 8.57. The molecule has 0 amide bonds. The molecule has 0 aromatic heterocycles. The van der Waals surface area contributed by atoms with Gasteiger partial charge in [0.2, 0.25) is 0 Å². The van der Waals surface area contributed by atoms with Crippen molar-refractivity contribution in [2.75, 3.05) is 20.1 Å². The molecule has 1 unspecified atom stereocenters. The highest BCUT2D eigenvalue weighted by Gasteiger charge is 2.16. The van der Waals surface area contributed by atoms with Gasteiger partial charge in [0.1, 0.15) is 0 Å². The molecular weight excluding hydrogens is 256 g/mol. The predicted octanol–water partition coefficient (Wildman–Crippen LogP) is 4.21. The molecule has 1 aromatic carbocycles. The zero-order chi connectivity index (χ0) is 15.2. The van der Waals surface area contributed by atoms with Gasteiger partial charge in [0.05, 0.1) is 0 Å². The summed E-state index contributed by atoms with van der Waals surface area (Å²) >= 11 is 0. The van der Waals surface area contributed by atoms with Crippen molar-refractivity contribution < 1.29 is 0 Å². The number of aryl methyl sites for hydroxylation is 2. The molecule has 0 aliphatic heterocycles. The quantitative estimate of drug-likeness (QED) is 0.850. The van der Waals surface area contributed by atoms with Crippen LogP contribution in [0.25, 0.3) is 0 Å². The van der Waals surface area contributed by atoms with E-state index in [1.165, 1.54) is 55.3 Å². The zero-order valence-corrected chi connectivity index (χ0v) is 14.1. The summed E-state index contributed by atoms with van der Waals surface area (Å²) < 4.78 is 0. The van der Waals surface area contributed by atoms with Gasteiger partial charge in [-0.2, -0.15) is 0 Å². The second kappa shape index (κ2) is 7.95. The van der Waals surface area contributed by atoms with Crippen LogP contribution in [-0.2, 0) is 0 Å². The van der Waals surface area contributed by atoms with E-state index < -0.39 is 0 Å². The molecule has 1 atom stereocenters. The molecule has 1 fully saturated rings. The Morgan fingerprint density at radius 2 is 1.71 bits per heavy atom. The van der Waals surface area contributed by atoms with Crippen molar-refractivity contribution in [2.24, 2.45) is 11.7 Å². The van der Waals surface area contributed by atoms with Crippen molar-refractivity contribution in [3.05, 3.63) is 34.9 Å². The van der Waals surface area contributed by atoms with Crippen LogP contribution in [0.4, 0.5) is 0 Å². The molecule has 0 heterocycles. The summed E-state index contributed by atoms with van der Waals surface area (Å²) in [5.74, 6) is 0.918. The smallest absolute Gasteiger partial charge is 0.0307 e. The normalized spacial score (nSPS) is 18.1. The van der Waals surface area contributed by atoms with E-state index in [0.717, 1.165) is 18.9 Å². The van der Waals surface area contributed by atoms with E-state index in [4.69, 9.17) is 5.73 Å². The first-order valence-corrected chi connectivity index (χ1v) is 8.57. The Hall–Kier alpha value is -0.860. The van der Waals surface area contributed by atoms with Gasteiger partial charge in [-0.25, -0.2) is 0 Å². The van der Waals surface area contributed by atoms with Crippen LogP contribution in [0.2, 0.25) is 0 Å². The average Bonchev–Trinajstić information content (AvgIpc) is 2.45. The molecule has 0 bridgehead atoms. The predicted molar refractivity (Wildman–Crippen MR) is 91.5 cm³/mol. The maximum absolute atomic E-state index is 6.39. The third-order valence-electron chi connectivity index (χ3n) is 4.79. The summed E-state index contributed by atoms with van der Waals surface area (Å²) in [5, 5.41) is 0. The van der Waals surface area contributed by atoms with E-state index in [0.29, 0.717) is 0 Å². The Balaban J connectivity index is 1.78. The molecule has 1 saturated carbocycles. The SMILES string of the molecule is Cc1cc(C)cc(C(N)CCN(C)CC2CCCCC2)c1. The Kier molecular flexibility index (Phi) is 6.25. The van der Waals surface area contributed by atoms with E-state index >= 15 is 0 Å². The highest BCUT2D eigenvalue weighted by Crippen LogP contribution is 2.24. The van der Waals surface area contributed by atoms with Gasteiger partial charge in [-0.1, -0.05) is 48.6 Å². The van der Waals surface area contributed by atoms with Crippen LogP contribution in [0.5, 0.6) is 0 Å². The van der Waals surface area contributed by atoms with Crippen molar-refractivity contribution in [1.82, 2.24) is 4.90 Å². The maximum atomic E-state index is 6.39. The van der Waals surface area contributed by atoms with Crippen LogP contribution in [0, 0.1) is 19.8 Å². The van der Waals surface area contributed by atoms with E-state index in [9.17, 15) is 0 Å². The molecule has 0 radical (unpaired) electrons. The lowest BCUT2D eigenvalue weighted by Crippen LogP contribution is -2.29. The molecule has 2 N–H and O–H groups in total. The van der Waals surface area contributed by atoms with Crippen LogP contribution in [-0.4, -0.2) is 25.0 Å². The number of hydrogen-bond donors (Lipinski definition) is 1. The molecule has 118 valence electrons. The summed E-state index contributed by atoms with van der Waals surface area (Å²) in [6.07, 6.45) is 8.20. The molecule has 0 spiro atoms. The molecule has 0 saturated heterocycles. The molecule has 2 rings (SSSR count). The lowest BCUT2D eigenvalue weighted by molar-refractivity contribution is 0.228. The minimum atomic E-state index is 0.164. The van der Waals surface area contributed by atoms with Gasteiger partial charge >= 0.3 is 0 Å². The van der Waals surface area contributed by atoms with Gasteiger partial charge < -0.3 is 10.6 Å². The van der Waals surface area contributed by atoms with Crippen molar-refractivity contribution in [3.63, 3.8) is 0 Å². The first kappa shape index (κ1) is 16.5. The maximum Gasteiger partial charge on any atom is 0.0307 e. The number of nitrogens with two attached hydrogens (primary N) is 1. The number of hydrogen-bond acceptors (Lipinski definition) is 2. The molecular formula is C19H32N2. The van der Waals surface area contributed by atoms with E-state index in [1.54, 1.807) is 0 Å². The van der Waals surface area contributed by atoms with Crippen LogP contribution in [0.15, 0.2) is 18.2 Å². The van der Waals surface area contributed by atoms with E-state index in [1.807, 2.05) is 0 Å². The fourth-order valence-corrected chi connectivity index (χ4v) is 3.65. The highest BCUT2D eigenvalue weighted by atomic mass is 15.1. The van der Waals surface area contributed by atoms with Gasteiger partial charge in [0.25, 0.3) is 0 Å². The second-order valence-electron chi connectivity index (χ2n) is 7.08. The van der Waals surface area contributed by atoms with Gasteiger partial charge in [0.15, 0.2) is 0 Å². The van der Waals surface area contributed by atoms with Crippen molar-refractivity contribution in [2.45, 2.75) is 58.4 Å². The summed E-state index contributed by atoms with van der Waals surface area (Å²) in [5.41, 5.74) is 10.3. The second-order valence-corrected chi connectivity index (χ2v) is 7.08. The number of benzene rings is 1. The largest absolute Gasteiger partial charge is 0.324 e. The molecule has 2 heteroatoms. The van der Waals surface area contributed by atoms with Gasteiger partial charge in [-0.3, -0.25) is 0 Å². The van der Waals surface area contributed by atoms with Crippen LogP contribution in [0.1, 0.15) is 61.3 Å². The molecule has 21 heavy (non-hydrogen) atoms. The monoisotopic (exact) mass is 288 g/mol. The van der Waals surface area contributed by atoms with Crippen molar-refractivity contribution >= 4 is 0 Å². The summed E-state index contributed by atoms with van der Waals surface area (Å²) in [6, 6.07) is 6.85. The van der Waals surface area contributed by atoms with Gasteiger partial charge in [0, 0.05) is 12.6 Å². The molecule has 1 aliphatic carbocycles. The average molecular weight is 288 g/mol. The van der Waals surface area contributed by atoms with Crippen molar-refractivity contribution in [3.8, 4) is 0 Å². The number of rotatable bonds is 6. The topological polar surface area (TPSA) is 29.3 Å². The number of nitrogens with zero attached hydrogens (tertiary/aromatic N) is 1. The van der Waals surface area contributed by atoms with Crippen LogP contribution >= 0.6 is 0 Å². The Bertz CT molecular complexity index is 415. The van der Waals surface area contributed by atoms with Crippen LogP contribution in [0.3, 0.4) is 0 Å². The summed E-state index contributed by atoms with van der Waals surface area (Å²) in [7, 11) is 2.25. The van der Waals surface area contributed by atoms with E-state index in [2.05, 4.69) is 44.0 Å². The molecule has 1 aromatic rings. The Morgan fingerprint density at radius 3 is 2.33 bits per heavy atom. The summed E-state index contributed by atoms with van der Waals surface area (Å²) in [6.45, 7) is 6.65. The van der Waals surface area contributed by atoms with Gasteiger partial charge in [-0.05, 0) is 58.2 Å². The fraction of sp³-hybridized carbons (Fsp3) is 0.684. The zero-order valence-electron chi connectivity index (χ0n) is 14.1. The Labute approximate surface area is 130 Å². The van der Waals surface area contributed by atoms with Crippen LogP contribution < -0.4 is 5.73 Å². The Morgan fingerprint density at radius 1 is 1.10 bits per heavy atom. The molecule has 1 aliphatic rings. The van der Waals surface area contributed by atoms with Gasteiger partial charge in [-0.15, -0.1) is 0 Å². The minimum Gasteiger partial charge on any atom is -0.324 e. The lowest BCUT2D eigenvalue weighted by Gasteiger charge is -2.27. The fourth-order valence-electron chi connectivity index (χ4n) is 3.65. The third kappa shape index (κ3) is 5.44. The molecule has 2 nitrogen and oxygen atoms in total. The minimum absolute atomic E-state index is 0.164. The lowest BCUT2D eigenvalue weighted by atomic mass is 9.89. The van der Waals surface area contributed by atoms with E-state index in [-0.39, 0.29) is 6.04 Å². The highest BCUT2D eigenvalue weighted by molar-refractivity contribution is 5.30.